The molecule has 0 bridgehead atoms. The van der Waals surface area contributed by atoms with Gasteiger partial charge in [0.15, 0.2) is 5.69 Å². The van der Waals surface area contributed by atoms with E-state index >= 15 is 0 Å². The molecule has 0 spiro atoms. The zero-order valence-electron chi connectivity index (χ0n) is 12.3. The molecule has 0 atom stereocenters. The van der Waals surface area contributed by atoms with Gasteiger partial charge in [-0.2, -0.15) is 0 Å². The number of aryl methyl sites for hydroxylation is 1. The van der Waals surface area contributed by atoms with E-state index in [1.807, 2.05) is 0 Å². The summed E-state index contributed by atoms with van der Waals surface area (Å²) in [6.45, 7) is 1.71. The molecule has 0 saturated carbocycles. The fraction of sp³-hybridized carbons (Fsp3) is 0.0714. The molecule has 2 aromatic rings. The van der Waals surface area contributed by atoms with E-state index in [2.05, 4.69) is 5.32 Å². The lowest BCUT2D eigenvalue weighted by molar-refractivity contribution is -0.392. The SMILES string of the molecule is Cc1cc(Nc2c([N+](=O)[O-])cc(C(=O)O)cc2[N+](=O)[O-])ccc1N. The second-order valence-corrected chi connectivity index (χ2v) is 4.91. The highest BCUT2D eigenvalue weighted by atomic mass is 16.6. The lowest BCUT2D eigenvalue weighted by Crippen LogP contribution is -2.06. The van der Waals surface area contributed by atoms with Crippen molar-refractivity contribution in [1.29, 1.82) is 0 Å². The first kappa shape index (κ1) is 16.7. The molecule has 0 unspecified atom stereocenters. The Morgan fingerprint density at radius 2 is 1.67 bits per heavy atom. The summed E-state index contributed by atoms with van der Waals surface area (Å²) in [6.07, 6.45) is 0. The molecule has 0 fully saturated rings. The number of hydrogen-bond acceptors (Lipinski definition) is 7. The number of benzene rings is 2. The second kappa shape index (κ2) is 6.20. The van der Waals surface area contributed by atoms with Gasteiger partial charge in [0.25, 0.3) is 0 Å². The third kappa shape index (κ3) is 3.21. The van der Waals surface area contributed by atoms with Crippen LogP contribution in [0.25, 0.3) is 0 Å². The number of carboxylic acid groups (broad SMARTS) is 1. The van der Waals surface area contributed by atoms with E-state index in [-0.39, 0.29) is 0 Å². The number of nitro groups is 2. The Kier molecular flexibility index (Phi) is 4.31. The summed E-state index contributed by atoms with van der Waals surface area (Å²) >= 11 is 0. The maximum absolute atomic E-state index is 11.2. The lowest BCUT2D eigenvalue weighted by atomic mass is 10.1. The molecule has 10 nitrogen and oxygen atoms in total. The van der Waals surface area contributed by atoms with Crippen molar-refractivity contribution in [2.24, 2.45) is 0 Å². The molecule has 2 aromatic carbocycles. The summed E-state index contributed by atoms with van der Waals surface area (Å²) < 4.78 is 0. The minimum atomic E-state index is -1.50. The van der Waals surface area contributed by atoms with E-state index in [0.29, 0.717) is 16.9 Å². The van der Waals surface area contributed by atoms with E-state index < -0.39 is 38.4 Å². The van der Waals surface area contributed by atoms with Crippen LogP contribution in [0.3, 0.4) is 0 Å². The molecule has 0 aliphatic rings. The summed E-state index contributed by atoms with van der Waals surface area (Å²) in [5, 5.41) is 34.0. The topological polar surface area (TPSA) is 162 Å². The van der Waals surface area contributed by atoms with Crippen molar-refractivity contribution in [2.75, 3.05) is 11.1 Å². The molecular formula is C14H12N4O6. The number of aromatic carboxylic acids is 1. The fourth-order valence-electron chi connectivity index (χ4n) is 2.05. The van der Waals surface area contributed by atoms with Crippen LogP contribution >= 0.6 is 0 Å². The van der Waals surface area contributed by atoms with Gasteiger partial charge in [-0.25, -0.2) is 4.79 Å². The Morgan fingerprint density at radius 3 is 2.08 bits per heavy atom. The zero-order valence-corrected chi connectivity index (χ0v) is 12.3. The van der Waals surface area contributed by atoms with Crippen molar-refractivity contribution in [3.8, 4) is 0 Å². The number of anilines is 3. The number of nitrogens with one attached hydrogen (secondary N) is 1. The van der Waals surface area contributed by atoms with E-state index in [1.54, 1.807) is 19.1 Å². The minimum absolute atomic E-state index is 0.343. The average Bonchev–Trinajstić information content (AvgIpc) is 2.50. The summed E-state index contributed by atoms with van der Waals surface area (Å²) in [4.78, 5) is 31.7. The van der Waals surface area contributed by atoms with Gasteiger partial charge in [-0.3, -0.25) is 20.2 Å². The zero-order chi connectivity index (χ0) is 18.0. The van der Waals surface area contributed by atoms with Gasteiger partial charge in [0.05, 0.1) is 15.4 Å². The molecule has 10 heteroatoms. The molecule has 0 aromatic heterocycles. The van der Waals surface area contributed by atoms with E-state index in [1.165, 1.54) is 6.07 Å². The van der Waals surface area contributed by atoms with E-state index in [4.69, 9.17) is 10.8 Å². The fourth-order valence-corrected chi connectivity index (χ4v) is 2.05. The number of nitrogen functional groups attached to an aromatic ring is 1. The first-order valence-electron chi connectivity index (χ1n) is 6.54. The van der Waals surface area contributed by atoms with Gasteiger partial charge in [0.2, 0.25) is 0 Å². The van der Waals surface area contributed by atoms with Crippen LogP contribution in [0.15, 0.2) is 30.3 Å². The monoisotopic (exact) mass is 332 g/mol. The molecule has 2 rings (SSSR count). The lowest BCUT2D eigenvalue weighted by Gasteiger charge is -2.10. The molecule has 0 aliphatic heterocycles. The average molecular weight is 332 g/mol. The Bertz CT molecular complexity index is 829. The molecular weight excluding hydrogens is 320 g/mol. The maximum atomic E-state index is 11.2. The van der Waals surface area contributed by atoms with Crippen molar-refractivity contribution in [3.63, 3.8) is 0 Å². The highest BCUT2D eigenvalue weighted by Crippen LogP contribution is 2.38. The van der Waals surface area contributed by atoms with Crippen LogP contribution in [0.1, 0.15) is 15.9 Å². The number of carbonyl (C=O) groups is 1. The molecule has 0 saturated heterocycles. The number of nitrogens with two attached hydrogens (primary N) is 1. The summed E-state index contributed by atoms with van der Waals surface area (Å²) in [6, 6.07) is 6.14. The van der Waals surface area contributed by atoms with Gasteiger partial charge in [-0.1, -0.05) is 0 Å². The van der Waals surface area contributed by atoms with Crippen LogP contribution in [0, 0.1) is 27.2 Å². The quantitative estimate of drug-likeness (QED) is 0.427. The van der Waals surface area contributed by atoms with Crippen LogP contribution in [-0.2, 0) is 0 Å². The van der Waals surface area contributed by atoms with Gasteiger partial charge < -0.3 is 16.2 Å². The standard InChI is InChI=1S/C14H12N4O6/c1-7-4-9(2-3-10(7)15)16-13-11(17(21)22)5-8(14(19)20)6-12(13)18(23)24/h2-6,16H,15H2,1H3,(H,19,20). The highest BCUT2D eigenvalue weighted by Gasteiger charge is 2.28. The number of nitro benzene ring substituents is 2. The first-order chi connectivity index (χ1) is 11.2. The molecule has 0 amide bonds. The van der Waals surface area contributed by atoms with Crippen molar-refractivity contribution >= 4 is 34.4 Å². The third-order valence-electron chi connectivity index (χ3n) is 3.28. The number of rotatable bonds is 5. The van der Waals surface area contributed by atoms with Gasteiger partial charge >= 0.3 is 17.3 Å². The molecule has 0 radical (unpaired) electrons. The number of carboxylic acids is 1. The van der Waals surface area contributed by atoms with Gasteiger partial charge in [-0.15, -0.1) is 0 Å². The molecule has 124 valence electrons. The minimum Gasteiger partial charge on any atom is -0.478 e. The van der Waals surface area contributed by atoms with Gasteiger partial charge in [0.1, 0.15) is 0 Å². The van der Waals surface area contributed by atoms with Crippen LogP contribution < -0.4 is 11.1 Å². The Hall–Kier alpha value is -3.69. The van der Waals surface area contributed by atoms with Crippen LogP contribution in [0.5, 0.6) is 0 Å². The van der Waals surface area contributed by atoms with Crippen molar-refractivity contribution in [1.82, 2.24) is 0 Å². The van der Waals surface area contributed by atoms with Crippen molar-refractivity contribution in [3.05, 3.63) is 61.7 Å². The summed E-state index contributed by atoms with van der Waals surface area (Å²) in [5.74, 6) is -1.50. The Labute approximate surface area is 134 Å². The largest absolute Gasteiger partial charge is 0.478 e. The Balaban J connectivity index is 2.65. The molecule has 0 heterocycles. The summed E-state index contributed by atoms with van der Waals surface area (Å²) in [7, 11) is 0. The van der Waals surface area contributed by atoms with Crippen LogP contribution in [0.2, 0.25) is 0 Å². The van der Waals surface area contributed by atoms with Gasteiger partial charge in [0, 0.05) is 23.5 Å². The van der Waals surface area contributed by atoms with Crippen LogP contribution in [0.4, 0.5) is 28.4 Å². The number of hydrogen-bond donors (Lipinski definition) is 3. The predicted octanol–water partition coefficient (Wildman–Crippen LogP) is 2.84. The third-order valence-corrected chi connectivity index (χ3v) is 3.28. The summed E-state index contributed by atoms with van der Waals surface area (Å²) in [5.41, 5.74) is 4.81. The van der Waals surface area contributed by atoms with Crippen LogP contribution in [-0.4, -0.2) is 20.9 Å². The van der Waals surface area contributed by atoms with E-state index in [0.717, 1.165) is 12.1 Å². The second-order valence-electron chi connectivity index (χ2n) is 4.91. The Morgan fingerprint density at radius 1 is 1.12 bits per heavy atom. The smallest absolute Gasteiger partial charge is 0.336 e. The predicted molar refractivity (Wildman–Crippen MR) is 85.6 cm³/mol. The van der Waals surface area contributed by atoms with Crippen molar-refractivity contribution in [2.45, 2.75) is 6.92 Å². The normalized spacial score (nSPS) is 10.2. The number of nitrogens with zero attached hydrogens (tertiary/aromatic N) is 2. The molecule has 0 aliphatic carbocycles. The maximum Gasteiger partial charge on any atom is 0.336 e. The van der Waals surface area contributed by atoms with Crippen molar-refractivity contribution < 1.29 is 19.7 Å². The highest BCUT2D eigenvalue weighted by molar-refractivity contribution is 5.93. The first-order valence-corrected chi connectivity index (χ1v) is 6.54. The van der Waals surface area contributed by atoms with E-state index in [9.17, 15) is 25.0 Å². The molecule has 24 heavy (non-hydrogen) atoms. The molecule has 4 N–H and O–H groups in total. The van der Waals surface area contributed by atoms with Gasteiger partial charge in [-0.05, 0) is 30.7 Å².